The normalized spacial score (nSPS) is 14.9. The van der Waals surface area contributed by atoms with Gasteiger partial charge in [-0.15, -0.1) is 0 Å². The van der Waals surface area contributed by atoms with Crippen LogP contribution in [0.1, 0.15) is 19.8 Å². The molecule has 0 radical (unpaired) electrons. The van der Waals surface area contributed by atoms with Gasteiger partial charge in [0.15, 0.2) is 0 Å². The number of esters is 1. The maximum Gasteiger partial charge on any atom is 0.380 e. The third-order valence-corrected chi connectivity index (χ3v) is 2.08. The molecule has 0 amide bonds. The van der Waals surface area contributed by atoms with Crippen LogP contribution in [0.25, 0.3) is 0 Å². The average Bonchev–Trinajstić information content (AvgIpc) is 2.20. The molecule has 0 aromatic heterocycles. The quantitative estimate of drug-likeness (QED) is 0.404. The van der Waals surface area contributed by atoms with Gasteiger partial charge in [-0.05, 0) is 6.08 Å². The molecule has 1 aliphatic rings. The molecule has 14 heavy (non-hydrogen) atoms. The standard InChI is InChI=1S/C10H10O3S/c1-2-7(11)10(12)13-8-5-3-4-6-9(8)14/h3-5H,2,6H2,1H3. The van der Waals surface area contributed by atoms with Crippen molar-refractivity contribution < 1.29 is 14.3 Å². The Morgan fingerprint density at radius 2 is 2.29 bits per heavy atom. The van der Waals surface area contributed by atoms with Crippen molar-refractivity contribution in [3.63, 3.8) is 0 Å². The molecule has 1 rings (SSSR count). The van der Waals surface area contributed by atoms with Gasteiger partial charge in [-0.3, -0.25) is 4.79 Å². The van der Waals surface area contributed by atoms with Crippen LogP contribution >= 0.6 is 12.2 Å². The van der Waals surface area contributed by atoms with E-state index in [2.05, 4.69) is 0 Å². The topological polar surface area (TPSA) is 43.4 Å². The lowest BCUT2D eigenvalue weighted by atomic mass is 10.1. The Morgan fingerprint density at radius 1 is 1.57 bits per heavy atom. The number of hydrogen-bond donors (Lipinski definition) is 0. The van der Waals surface area contributed by atoms with E-state index in [1.54, 1.807) is 19.1 Å². The van der Waals surface area contributed by atoms with Gasteiger partial charge in [0, 0.05) is 12.8 Å². The number of carbonyl (C=O) groups is 2. The van der Waals surface area contributed by atoms with Crippen LogP contribution < -0.4 is 0 Å². The summed E-state index contributed by atoms with van der Waals surface area (Å²) in [5, 5.41) is 0. The van der Waals surface area contributed by atoms with Crippen molar-refractivity contribution in [2.45, 2.75) is 19.8 Å². The van der Waals surface area contributed by atoms with Crippen molar-refractivity contribution in [3.8, 4) is 0 Å². The number of Topliss-reactive ketones (excluding diaryl/α,β-unsaturated/α-hetero) is 1. The van der Waals surface area contributed by atoms with Crippen LogP contribution in [0, 0.1) is 0 Å². The molecule has 0 N–H and O–H groups in total. The SMILES string of the molecule is CCC(=O)C(=O)OC1=CC=CCC1=S. The van der Waals surface area contributed by atoms with Crippen LogP contribution in [0.2, 0.25) is 0 Å². The van der Waals surface area contributed by atoms with Crippen LogP contribution in [0.5, 0.6) is 0 Å². The summed E-state index contributed by atoms with van der Waals surface area (Å²) < 4.78 is 4.84. The third kappa shape index (κ3) is 2.60. The predicted molar refractivity (Wildman–Crippen MR) is 55.8 cm³/mol. The fraction of sp³-hybridized carbons (Fsp3) is 0.300. The lowest BCUT2D eigenvalue weighted by molar-refractivity contribution is -0.150. The van der Waals surface area contributed by atoms with E-state index in [1.165, 1.54) is 0 Å². The van der Waals surface area contributed by atoms with E-state index in [-0.39, 0.29) is 6.42 Å². The molecule has 1 aliphatic carbocycles. The van der Waals surface area contributed by atoms with Crippen molar-refractivity contribution in [1.29, 1.82) is 0 Å². The molecule has 0 unspecified atom stereocenters. The minimum atomic E-state index is -0.837. The Labute approximate surface area is 87.4 Å². The molecule has 0 heterocycles. The Kier molecular flexibility index (Phi) is 3.71. The van der Waals surface area contributed by atoms with Crippen molar-refractivity contribution in [1.82, 2.24) is 0 Å². The van der Waals surface area contributed by atoms with Crippen molar-refractivity contribution >= 4 is 28.8 Å². The monoisotopic (exact) mass is 210 g/mol. The summed E-state index contributed by atoms with van der Waals surface area (Å²) >= 11 is 4.96. The lowest BCUT2D eigenvalue weighted by Gasteiger charge is -2.09. The molecule has 74 valence electrons. The highest BCUT2D eigenvalue weighted by molar-refractivity contribution is 7.80. The second-order valence-electron chi connectivity index (χ2n) is 2.75. The number of ketones is 1. The summed E-state index contributed by atoms with van der Waals surface area (Å²) in [5.41, 5.74) is 0. The van der Waals surface area contributed by atoms with E-state index < -0.39 is 11.8 Å². The van der Waals surface area contributed by atoms with Gasteiger partial charge in [0.1, 0.15) is 5.76 Å². The van der Waals surface area contributed by atoms with Crippen molar-refractivity contribution in [3.05, 3.63) is 24.0 Å². The second kappa shape index (κ2) is 4.81. The number of allylic oxidation sites excluding steroid dienone is 4. The first-order chi connectivity index (χ1) is 6.65. The van der Waals surface area contributed by atoms with E-state index in [9.17, 15) is 9.59 Å². The maximum atomic E-state index is 11.1. The van der Waals surface area contributed by atoms with Gasteiger partial charge in [-0.25, -0.2) is 4.79 Å². The zero-order valence-corrected chi connectivity index (χ0v) is 8.60. The Hall–Kier alpha value is -1.29. The number of rotatable bonds is 3. The molecule has 0 atom stereocenters. The summed E-state index contributed by atoms with van der Waals surface area (Å²) in [7, 11) is 0. The highest BCUT2D eigenvalue weighted by Gasteiger charge is 2.17. The molecule has 0 aromatic carbocycles. The Bertz CT molecular complexity index is 339. The smallest absolute Gasteiger partial charge is 0.380 e. The third-order valence-electron chi connectivity index (χ3n) is 1.71. The van der Waals surface area contributed by atoms with Gasteiger partial charge >= 0.3 is 5.97 Å². The summed E-state index contributed by atoms with van der Waals surface area (Å²) in [6, 6.07) is 0. The number of hydrogen-bond acceptors (Lipinski definition) is 4. The van der Waals surface area contributed by atoms with E-state index >= 15 is 0 Å². The van der Waals surface area contributed by atoms with Crippen LogP contribution in [-0.2, 0) is 14.3 Å². The highest BCUT2D eigenvalue weighted by atomic mass is 32.1. The minimum absolute atomic E-state index is 0.148. The largest absolute Gasteiger partial charge is 0.420 e. The van der Waals surface area contributed by atoms with Crippen LogP contribution in [0.3, 0.4) is 0 Å². The van der Waals surface area contributed by atoms with Crippen LogP contribution in [0.4, 0.5) is 0 Å². The van der Waals surface area contributed by atoms with Gasteiger partial charge < -0.3 is 4.74 Å². The number of thiocarbonyl (C=S) groups is 1. The van der Waals surface area contributed by atoms with Gasteiger partial charge in [0.05, 0.1) is 4.86 Å². The van der Waals surface area contributed by atoms with E-state index in [4.69, 9.17) is 17.0 Å². The van der Waals surface area contributed by atoms with Crippen molar-refractivity contribution in [2.75, 3.05) is 0 Å². The number of ether oxygens (including phenoxy) is 1. The Morgan fingerprint density at radius 3 is 2.86 bits per heavy atom. The molecule has 4 heteroatoms. The summed E-state index contributed by atoms with van der Waals surface area (Å²) in [5.74, 6) is -1.06. The van der Waals surface area contributed by atoms with Gasteiger partial charge in [-0.2, -0.15) is 0 Å². The van der Waals surface area contributed by atoms with Crippen LogP contribution in [-0.4, -0.2) is 16.6 Å². The van der Waals surface area contributed by atoms with Gasteiger partial charge in [0.25, 0.3) is 0 Å². The zero-order valence-electron chi connectivity index (χ0n) is 7.78. The molecule has 0 saturated heterocycles. The fourth-order valence-corrected chi connectivity index (χ4v) is 1.12. The van der Waals surface area contributed by atoms with E-state index in [0.29, 0.717) is 17.0 Å². The molecule has 3 nitrogen and oxygen atoms in total. The van der Waals surface area contributed by atoms with Gasteiger partial charge in [0.2, 0.25) is 5.78 Å². The maximum absolute atomic E-state index is 11.1. The summed E-state index contributed by atoms with van der Waals surface area (Å²) in [4.78, 5) is 22.6. The van der Waals surface area contributed by atoms with Crippen LogP contribution in [0.15, 0.2) is 24.0 Å². The van der Waals surface area contributed by atoms with E-state index in [1.807, 2.05) is 6.08 Å². The second-order valence-corrected chi connectivity index (χ2v) is 3.25. The summed E-state index contributed by atoms with van der Waals surface area (Å²) in [6.45, 7) is 1.61. The predicted octanol–water partition coefficient (Wildman–Crippen LogP) is 1.72. The van der Waals surface area contributed by atoms with E-state index in [0.717, 1.165) is 0 Å². The molecule has 0 aliphatic heterocycles. The lowest BCUT2D eigenvalue weighted by Crippen LogP contribution is -2.19. The molecule has 0 saturated carbocycles. The average molecular weight is 210 g/mol. The first-order valence-corrected chi connectivity index (χ1v) is 4.71. The first-order valence-electron chi connectivity index (χ1n) is 4.30. The zero-order chi connectivity index (χ0) is 10.6. The molecule has 0 bridgehead atoms. The minimum Gasteiger partial charge on any atom is -0.420 e. The molecule has 0 fully saturated rings. The molecule has 0 aromatic rings. The highest BCUT2D eigenvalue weighted by Crippen LogP contribution is 2.11. The fourth-order valence-electron chi connectivity index (χ4n) is 0.916. The van der Waals surface area contributed by atoms with Gasteiger partial charge in [-0.1, -0.05) is 31.3 Å². The van der Waals surface area contributed by atoms with Crippen molar-refractivity contribution in [2.24, 2.45) is 0 Å². The molecular weight excluding hydrogens is 200 g/mol. The summed E-state index contributed by atoms with van der Waals surface area (Å²) in [6.07, 6.45) is 5.92. The first kappa shape index (κ1) is 10.8. The number of carbonyl (C=O) groups excluding carboxylic acids is 2. The molecular formula is C10H10O3S. The molecule has 0 spiro atoms. The Balaban J connectivity index is 2.64.